The molecule has 5 nitrogen and oxygen atoms in total. The number of amides is 1. The van der Waals surface area contributed by atoms with Gasteiger partial charge in [0.1, 0.15) is 0 Å². The van der Waals surface area contributed by atoms with Gasteiger partial charge in [-0.1, -0.05) is 17.7 Å². The van der Waals surface area contributed by atoms with Crippen molar-refractivity contribution in [2.45, 2.75) is 26.3 Å². The summed E-state index contributed by atoms with van der Waals surface area (Å²) in [6, 6.07) is 9.08. The molecule has 1 aromatic heterocycles. The summed E-state index contributed by atoms with van der Waals surface area (Å²) in [7, 11) is 0. The summed E-state index contributed by atoms with van der Waals surface area (Å²) >= 11 is 5.97. The average Bonchev–Trinajstić information content (AvgIpc) is 2.81. The predicted molar refractivity (Wildman–Crippen MR) is 80.5 cm³/mol. The van der Waals surface area contributed by atoms with Gasteiger partial charge in [0.05, 0.1) is 35.6 Å². The highest BCUT2D eigenvalue weighted by molar-refractivity contribution is 6.30. The Morgan fingerprint density at radius 2 is 2.33 bits per heavy atom. The maximum atomic E-state index is 12.2. The molecular formula is C15H15ClN4O. The Hall–Kier alpha value is -2.32. The number of hydrogen-bond donors (Lipinski definition) is 1. The van der Waals surface area contributed by atoms with E-state index in [1.165, 1.54) is 6.20 Å². The molecule has 6 heteroatoms. The van der Waals surface area contributed by atoms with Gasteiger partial charge in [-0.05, 0) is 32.0 Å². The van der Waals surface area contributed by atoms with Crippen molar-refractivity contribution in [2.75, 3.05) is 0 Å². The first kappa shape index (κ1) is 15.1. The molecule has 21 heavy (non-hydrogen) atoms. The first-order valence-corrected chi connectivity index (χ1v) is 6.89. The fraction of sp³-hybridized carbons (Fsp3) is 0.267. The minimum Gasteiger partial charge on any atom is -0.348 e. The summed E-state index contributed by atoms with van der Waals surface area (Å²) in [5, 5.41) is 16.2. The van der Waals surface area contributed by atoms with E-state index in [1.54, 1.807) is 23.7 Å². The van der Waals surface area contributed by atoms with Crippen LogP contribution < -0.4 is 5.32 Å². The molecule has 2 aromatic rings. The standard InChI is InChI=1S/C15H15ClN4O/c1-10(6-7-17)19-15(21)14-9-18-20(11(14)2)13-5-3-4-12(16)8-13/h3-5,8-10H,6H2,1-2H3,(H,19,21). The molecule has 108 valence electrons. The van der Waals surface area contributed by atoms with Crippen molar-refractivity contribution < 1.29 is 4.79 Å². The molecule has 0 radical (unpaired) electrons. The fourth-order valence-electron chi connectivity index (χ4n) is 1.99. The molecule has 0 bridgehead atoms. The summed E-state index contributed by atoms with van der Waals surface area (Å²) < 4.78 is 1.66. The molecule has 1 unspecified atom stereocenters. The summed E-state index contributed by atoms with van der Waals surface area (Å²) in [6.45, 7) is 3.61. The summed E-state index contributed by atoms with van der Waals surface area (Å²) in [6.07, 6.45) is 1.79. The van der Waals surface area contributed by atoms with E-state index < -0.39 is 0 Å². The average molecular weight is 303 g/mol. The molecule has 0 saturated carbocycles. The van der Waals surface area contributed by atoms with Crippen LogP contribution in [0, 0.1) is 18.3 Å². The SMILES string of the molecule is Cc1c(C(=O)NC(C)CC#N)cnn1-c1cccc(Cl)c1. The molecule has 0 spiro atoms. The van der Waals surface area contributed by atoms with E-state index >= 15 is 0 Å². The lowest BCUT2D eigenvalue weighted by Gasteiger charge is -2.10. The number of halogens is 1. The van der Waals surface area contributed by atoms with Crippen LogP contribution in [0.15, 0.2) is 30.5 Å². The molecule has 1 N–H and O–H groups in total. The van der Waals surface area contributed by atoms with Crippen molar-refractivity contribution in [3.8, 4) is 11.8 Å². The Morgan fingerprint density at radius 3 is 3.00 bits per heavy atom. The van der Waals surface area contributed by atoms with Gasteiger partial charge in [-0.3, -0.25) is 4.79 Å². The lowest BCUT2D eigenvalue weighted by atomic mass is 10.2. The van der Waals surface area contributed by atoms with Crippen molar-refractivity contribution >= 4 is 17.5 Å². The van der Waals surface area contributed by atoms with Crippen molar-refractivity contribution in [1.82, 2.24) is 15.1 Å². The molecule has 1 heterocycles. The van der Waals surface area contributed by atoms with E-state index in [1.807, 2.05) is 25.1 Å². The molecule has 1 aromatic carbocycles. The van der Waals surface area contributed by atoms with Crippen LogP contribution in [0.3, 0.4) is 0 Å². The van der Waals surface area contributed by atoms with Gasteiger partial charge >= 0.3 is 0 Å². The summed E-state index contributed by atoms with van der Waals surface area (Å²) in [5.41, 5.74) is 2.00. The van der Waals surface area contributed by atoms with E-state index in [-0.39, 0.29) is 18.4 Å². The topological polar surface area (TPSA) is 70.7 Å². The lowest BCUT2D eigenvalue weighted by molar-refractivity contribution is 0.0940. The Labute approximate surface area is 128 Å². The number of nitrogens with one attached hydrogen (secondary N) is 1. The second-order valence-electron chi connectivity index (χ2n) is 4.77. The van der Waals surface area contributed by atoms with Gasteiger partial charge in [-0.25, -0.2) is 4.68 Å². The van der Waals surface area contributed by atoms with Crippen LogP contribution >= 0.6 is 11.6 Å². The molecule has 0 saturated heterocycles. The second kappa shape index (κ2) is 6.42. The third kappa shape index (κ3) is 3.41. The number of nitrogens with zero attached hydrogens (tertiary/aromatic N) is 3. The Balaban J connectivity index is 2.25. The van der Waals surface area contributed by atoms with E-state index in [9.17, 15) is 4.79 Å². The Morgan fingerprint density at radius 1 is 1.57 bits per heavy atom. The number of rotatable bonds is 4. The van der Waals surface area contributed by atoms with Crippen LogP contribution in [0.5, 0.6) is 0 Å². The third-order valence-corrected chi connectivity index (χ3v) is 3.32. The highest BCUT2D eigenvalue weighted by Gasteiger charge is 2.16. The predicted octanol–water partition coefficient (Wildman–Crippen LogP) is 2.87. The molecule has 0 aliphatic rings. The van der Waals surface area contributed by atoms with Crippen LogP contribution in [-0.2, 0) is 0 Å². The first-order chi connectivity index (χ1) is 10.0. The normalized spacial score (nSPS) is 11.7. The lowest BCUT2D eigenvalue weighted by Crippen LogP contribution is -2.32. The zero-order valence-electron chi connectivity index (χ0n) is 11.8. The smallest absolute Gasteiger partial charge is 0.255 e. The molecule has 0 fully saturated rings. The minimum absolute atomic E-state index is 0.198. The first-order valence-electron chi connectivity index (χ1n) is 6.51. The van der Waals surface area contributed by atoms with Crippen molar-refractivity contribution in [3.63, 3.8) is 0 Å². The highest BCUT2D eigenvalue weighted by atomic mass is 35.5. The molecule has 1 atom stereocenters. The van der Waals surface area contributed by atoms with E-state index in [2.05, 4.69) is 10.4 Å². The largest absolute Gasteiger partial charge is 0.348 e. The molecular weight excluding hydrogens is 288 g/mol. The molecule has 0 aliphatic heterocycles. The highest BCUT2D eigenvalue weighted by Crippen LogP contribution is 2.18. The van der Waals surface area contributed by atoms with Gasteiger partial charge in [0.15, 0.2) is 0 Å². The Bertz CT molecular complexity index is 702. The quantitative estimate of drug-likeness (QED) is 0.944. The second-order valence-corrected chi connectivity index (χ2v) is 5.21. The number of hydrogen-bond acceptors (Lipinski definition) is 3. The monoisotopic (exact) mass is 302 g/mol. The fourth-order valence-corrected chi connectivity index (χ4v) is 2.17. The Kier molecular flexibility index (Phi) is 4.61. The third-order valence-electron chi connectivity index (χ3n) is 3.08. The van der Waals surface area contributed by atoms with Crippen molar-refractivity contribution in [3.05, 3.63) is 46.7 Å². The van der Waals surface area contributed by atoms with Gasteiger partial charge in [0.25, 0.3) is 5.91 Å². The zero-order chi connectivity index (χ0) is 15.4. The van der Waals surface area contributed by atoms with Crippen molar-refractivity contribution in [2.24, 2.45) is 0 Å². The maximum absolute atomic E-state index is 12.2. The summed E-state index contributed by atoms with van der Waals surface area (Å²) in [5.74, 6) is -0.233. The summed E-state index contributed by atoms with van der Waals surface area (Å²) in [4.78, 5) is 12.2. The van der Waals surface area contributed by atoms with E-state index in [0.29, 0.717) is 10.6 Å². The van der Waals surface area contributed by atoms with Crippen LogP contribution in [0.2, 0.25) is 5.02 Å². The van der Waals surface area contributed by atoms with Crippen LogP contribution in [0.1, 0.15) is 29.4 Å². The van der Waals surface area contributed by atoms with Gasteiger partial charge in [0, 0.05) is 11.1 Å². The number of aromatic nitrogens is 2. The molecule has 1 amide bonds. The number of nitriles is 1. The van der Waals surface area contributed by atoms with E-state index in [0.717, 1.165) is 11.4 Å². The van der Waals surface area contributed by atoms with Crippen molar-refractivity contribution in [1.29, 1.82) is 5.26 Å². The van der Waals surface area contributed by atoms with Crippen LogP contribution in [0.25, 0.3) is 5.69 Å². The molecule has 0 aliphatic carbocycles. The van der Waals surface area contributed by atoms with Crippen LogP contribution in [0.4, 0.5) is 0 Å². The van der Waals surface area contributed by atoms with E-state index in [4.69, 9.17) is 16.9 Å². The number of carbonyl (C=O) groups excluding carboxylic acids is 1. The van der Waals surface area contributed by atoms with Gasteiger partial charge in [-0.2, -0.15) is 10.4 Å². The van der Waals surface area contributed by atoms with Gasteiger partial charge < -0.3 is 5.32 Å². The van der Waals surface area contributed by atoms with Gasteiger partial charge in [0.2, 0.25) is 0 Å². The maximum Gasteiger partial charge on any atom is 0.255 e. The van der Waals surface area contributed by atoms with Crippen LogP contribution in [-0.4, -0.2) is 21.7 Å². The number of carbonyl (C=O) groups is 1. The number of benzene rings is 1. The zero-order valence-corrected chi connectivity index (χ0v) is 12.6. The minimum atomic E-state index is -0.233. The molecule has 2 rings (SSSR count). The van der Waals surface area contributed by atoms with Gasteiger partial charge in [-0.15, -0.1) is 0 Å².